The maximum Gasteiger partial charge on any atom is 0.0623 e. The number of hydrogen-bond acceptors (Lipinski definition) is 2. The second-order valence-electron chi connectivity index (χ2n) is 4.85. The molecule has 0 bridgehead atoms. The lowest BCUT2D eigenvalue weighted by atomic mass is 9.97. The zero-order valence-electron chi connectivity index (χ0n) is 10.4. The van der Waals surface area contributed by atoms with E-state index in [4.69, 9.17) is 4.74 Å². The molecule has 0 saturated heterocycles. The van der Waals surface area contributed by atoms with Crippen molar-refractivity contribution in [2.75, 3.05) is 7.11 Å². The summed E-state index contributed by atoms with van der Waals surface area (Å²) in [5, 5.41) is 9.91. The highest BCUT2D eigenvalue weighted by atomic mass is 16.5. The Kier molecular flexibility index (Phi) is 4.97. The lowest BCUT2D eigenvalue weighted by Crippen LogP contribution is -2.25. The van der Waals surface area contributed by atoms with Crippen molar-refractivity contribution in [2.45, 2.75) is 44.8 Å². The molecule has 0 aliphatic carbocycles. The second kappa shape index (κ2) is 6.02. The minimum Gasteiger partial charge on any atom is -0.393 e. The summed E-state index contributed by atoms with van der Waals surface area (Å²) in [7, 11) is 1.71. The summed E-state index contributed by atoms with van der Waals surface area (Å²) >= 11 is 0. The van der Waals surface area contributed by atoms with Gasteiger partial charge in [-0.3, -0.25) is 0 Å². The third kappa shape index (κ3) is 4.77. The number of hydrogen-bond donors (Lipinski definition) is 1. The average Bonchev–Trinajstić information content (AvgIpc) is 2.28. The van der Waals surface area contributed by atoms with Crippen LogP contribution in [0.1, 0.15) is 32.3 Å². The van der Waals surface area contributed by atoms with Crippen molar-refractivity contribution in [1.29, 1.82) is 0 Å². The molecule has 0 aromatic heterocycles. The smallest absolute Gasteiger partial charge is 0.0623 e. The normalized spacial score (nSPS) is 13.8. The Morgan fingerprint density at radius 3 is 2.44 bits per heavy atom. The highest BCUT2D eigenvalue weighted by Gasteiger charge is 2.18. The first-order valence-electron chi connectivity index (χ1n) is 5.80. The molecule has 16 heavy (non-hydrogen) atoms. The van der Waals surface area contributed by atoms with Gasteiger partial charge in [0, 0.05) is 7.11 Å². The Labute approximate surface area is 98.3 Å². The lowest BCUT2D eigenvalue weighted by Gasteiger charge is -2.24. The number of methoxy groups -OCH3 is 1. The van der Waals surface area contributed by atoms with E-state index in [1.165, 1.54) is 5.56 Å². The molecule has 0 amide bonds. The van der Waals surface area contributed by atoms with Crippen molar-refractivity contribution in [3.05, 3.63) is 35.9 Å². The van der Waals surface area contributed by atoms with Gasteiger partial charge in [0.25, 0.3) is 0 Å². The number of benzene rings is 1. The van der Waals surface area contributed by atoms with Gasteiger partial charge in [0.2, 0.25) is 0 Å². The molecule has 2 nitrogen and oxygen atoms in total. The van der Waals surface area contributed by atoms with Gasteiger partial charge in [-0.25, -0.2) is 0 Å². The van der Waals surface area contributed by atoms with Crippen molar-refractivity contribution in [2.24, 2.45) is 0 Å². The van der Waals surface area contributed by atoms with E-state index < -0.39 is 0 Å². The summed E-state index contributed by atoms with van der Waals surface area (Å²) in [5.74, 6) is 0. The van der Waals surface area contributed by atoms with Crippen molar-refractivity contribution >= 4 is 0 Å². The van der Waals surface area contributed by atoms with Crippen LogP contribution in [0.2, 0.25) is 0 Å². The van der Waals surface area contributed by atoms with Crippen LogP contribution in [0.25, 0.3) is 0 Å². The molecule has 1 unspecified atom stereocenters. The summed E-state index contributed by atoms with van der Waals surface area (Å²) in [4.78, 5) is 0. The van der Waals surface area contributed by atoms with E-state index in [0.717, 1.165) is 19.3 Å². The molecule has 0 aliphatic heterocycles. The van der Waals surface area contributed by atoms with E-state index in [1.807, 2.05) is 44.2 Å². The van der Waals surface area contributed by atoms with Crippen LogP contribution >= 0.6 is 0 Å². The van der Waals surface area contributed by atoms with Crippen LogP contribution in [0.5, 0.6) is 0 Å². The fourth-order valence-electron chi connectivity index (χ4n) is 1.60. The predicted molar refractivity (Wildman–Crippen MR) is 66.5 cm³/mol. The Bertz CT molecular complexity index is 293. The molecule has 0 saturated carbocycles. The first-order chi connectivity index (χ1) is 7.53. The van der Waals surface area contributed by atoms with Gasteiger partial charge in [-0.1, -0.05) is 30.3 Å². The monoisotopic (exact) mass is 222 g/mol. The van der Waals surface area contributed by atoms with Gasteiger partial charge in [0.1, 0.15) is 0 Å². The van der Waals surface area contributed by atoms with Crippen molar-refractivity contribution in [1.82, 2.24) is 0 Å². The molecule has 2 heteroatoms. The van der Waals surface area contributed by atoms with E-state index >= 15 is 0 Å². The molecular formula is C14H22O2. The molecule has 1 atom stereocenters. The molecule has 0 spiro atoms. The fraction of sp³-hybridized carbons (Fsp3) is 0.571. The van der Waals surface area contributed by atoms with Crippen molar-refractivity contribution < 1.29 is 9.84 Å². The summed E-state index contributed by atoms with van der Waals surface area (Å²) in [6.07, 6.45) is 2.09. The van der Waals surface area contributed by atoms with E-state index in [-0.39, 0.29) is 11.7 Å². The molecule has 1 rings (SSSR count). The van der Waals surface area contributed by atoms with Gasteiger partial charge in [0.05, 0.1) is 11.7 Å². The highest BCUT2D eigenvalue weighted by molar-refractivity contribution is 5.15. The maximum atomic E-state index is 9.91. The molecule has 0 heterocycles. The topological polar surface area (TPSA) is 29.5 Å². The van der Waals surface area contributed by atoms with Crippen molar-refractivity contribution in [3.63, 3.8) is 0 Å². The van der Waals surface area contributed by atoms with Gasteiger partial charge < -0.3 is 9.84 Å². The van der Waals surface area contributed by atoms with E-state index in [9.17, 15) is 5.11 Å². The SMILES string of the molecule is COC(C)(C)CCC(O)Cc1ccccc1. The highest BCUT2D eigenvalue weighted by Crippen LogP contribution is 2.18. The zero-order valence-corrected chi connectivity index (χ0v) is 10.4. The minimum atomic E-state index is -0.281. The first-order valence-corrected chi connectivity index (χ1v) is 5.80. The lowest BCUT2D eigenvalue weighted by molar-refractivity contribution is 0.00306. The molecular weight excluding hydrogens is 200 g/mol. The number of rotatable bonds is 6. The second-order valence-corrected chi connectivity index (χ2v) is 4.85. The van der Waals surface area contributed by atoms with Crippen LogP contribution < -0.4 is 0 Å². The summed E-state index contributed by atoms with van der Waals surface area (Å²) in [5.41, 5.74) is 1.04. The van der Waals surface area contributed by atoms with Crippen LogP contribution in [0.3, 0.4) is 0 Å². The molecule has 0 fully saturated rings. The van der Waals surface area contributed by atoms with Gasteiger partial charge in [-0.2, -0.15) is 0 Å². The van der Waals surface area contributed by atoms with Gasteiger partial charge in [0.15, 0.2) is 0 Å². The van der Waals surface area contributed by atoms with Crippen LogP contribution in [-0.2, 0) is 11.2 Å². The Balaban J connectivity index is 2.34. The Hall–Kier alpha value is -0.860. The standard InChI is InChI=1S/C14H22O2/c1-14(2,16-3)10-9-13(15)11-12-7-5-4-6-8-12/h4-8,13,15H,9-11H2,1-3H3. The molecule has 1 N–H and O–H groups in total. The van der Waals surface area contributed by atoms with E-state index in [2.05, 4.69) is 0 Å². The van der Waals surface area contributed by atoms with Gasteiger partial charge >= 0.3 is 0 Å². The number of aliphatic hydroxyl groups is 1. The van der Waals surface area contributed by atoms with Crippen LogP contribution in [0, 0.1) is 0 Å². The van der Waals surface area contributed by atoms with Gasteiger partial charge in [-0.15, -0.1) is 0 Å². The molecule has 0 radical (unpaired) electrons. The molecule has 1 aromatic carbocycles. The van der Waals surface area contributed by atoms with Crippen LogP contribution in [-0.4, -0.2) is 23.9 Å². The van der Waals surface area contributed by atoms with Crippen LogP contribution in [0.15, 0.2) is 30.3 Å². The quantitative estimate of drug-likeness (QED) is 0.802. The maximum absolute atomic E-state index is 9.91. The Morgan fingerprint density at radius 2 is 1.88 bits per heavy atom. The van der Waals surface area contributed by atoms with E-state index in [0.29, 0.717) is 0 Å². The summed E-state index contributed by atoms with van der Waals surface area (Å²) in [6.45, 7) is 4.09. The fourth-order valence-corrected chi connectivity index (χ4v) is 1.60. The average molecular weight is 222 g/mol. The number of ether oxygens (including phenoxy) is 1. The molecule has 0 aliphatic rings. The summed E-state index contributed by atoms with van der Waals surface area (Å²) in [6, 6.07) is 10.1. The molecule has 1 aromatic rings. The largest absolute Gasteiger partial charge is 0.393 e. The Morgan fingerprint density at radius 1 is 1.25 bits per heavy atom. The minimum absolute atomic E-state index is 0.141. The van der Waals surface area contributed by atoms with Crippen LogP contribution in [0.4, 0.5) is 0 Å². The van der Waals surface area contributed by atoms with Gasteiger partial charge in [-0.05, 0) is 38.7 Å². The van der Waals surface area contributed by atoms with Crippen molar-refractivity contribution in [3.8, 4) is 0 Å². The zero-order chi connectivity index (χ0) is 12.0. The third-order valence-corrected chi connectivity index (χ3v) is 2.95. The first kappa shape index (κ1) is 13.2. The summed E-state index contributed by atoms with van der Waals surface area (Å²) < 4.78 is 5.33. The van der Waals surface area contributed by atoms with E-state index in [1.54, 1.807) is 7.11 Å². The number of aliphatic hydroxyl groups excluding tert-OH is 1. The molecule has 90 valence electrons. The predicted octanol–water partition coefficient (Wildman–Crippen LogP) is 2.80. The third-order valence-electron chi connectivity index (χ3n) is 2.95.